The van der Waals surface area contributed by atoms with E-state index in [-0.39, 0.29) is 6.10 Å². The van der Waals surface area contributed by atoms with Gasteiger partial charge in [0.1, 0.15) is 0 Å². The number of ether oxygens (including phenoxy) is 1. The number of rotatable bonds is 6. The molecule has 1 aromatic carbocycles. The highest BCUT2D eigenvalue weighted by Crippen LogP contribution is 2.16. The molecule has 0 fully saturated rings. The smallest absolute Gasteiger partial charge is 0.0839 e. The zero-order valence-electron chi connectivity index (χ0n) is 11.3. The van der Waals surface area contributed by atoms with Crippen LogP contribution in [0.25, 0.3) is 0 Å². The second kappa shape index (κ2) is 6.77. The summed E-state index contributed by atoms with van der Waals surface area (Å²) in [5.74, 6) is 0.552. The van der Waals surface area contributed by atoms with E-state index in [0.717, 1.165) is 5.56 Å². The van der Waals surface area contributed by atoms with Crippen molar-refractivity contribution in [2.24, 2.45) is 0 Å². The van der Waals surface area contributed by atoms with Crippen molar-refractivity contribution in [3.8, 4) is 0 Å². The van der Waals surface area contributed by atoms with Crippen molar-refractivity contribution in [2.75, 3.05) is 6.61 Å². The van der Waals surface area contributed by atoms with Gasteiger partial charge in [0.25, 0.3) is 0 Å². The highest BCUT2D eigenvalue weighted by Gasteiger charge is 2.14. The van der Waals surface area contributed by atoms with Gasteiger partial charge in [-0.1, -0.05) is 38.1 Å². The molecule has 17 heavy (non-hydrogen) atoms. The number of hydrogen-bond acceptors (Lipinski definition) is 2. The summed E-state index contributed by atoms with van der Waals surface area (Å²) in [7, 11) is 0. The Labute approximate surface area is 105 Å². The van der Waals surface area contributed by atoms with E-state index in [4.69, 9.17) is 4.74 Å². The molecular formula is C15H24O2. The van der Waals surface area contributed by atoms with Crippen molar-refractivity contribution in [1.29, 1.82) is 0 Å². The van der Waals surface area contributed by atoms with Gasteiger partial charge < -0.3 is 9.84 Å². The molecule has 0 aliphatic rings. The van der Waals surface area contributed by atoms with Crippen LogP contribution in [-0.2, 0) is 11.2 Å². The van der Waals surface area contributed by atoms with E-state index in [1.165, 1.54) is 5.56 Å². The lowest BCUT2D eigenvalue weighted by Crippen LogP contribution is -2.28. The molecule has 0 radical (unpaired) electrons. The maximum Gasteiger partial charge on any atom is 0.0839 e. The minimum atomic E-state index is -0.431. The monoisotopic (exact) mass is 236 g/mol. The predicted octanol–water partition coefficient (Wildman–Crippen LogP) is 3.14. The van der Waals surface area contributed by atoms with E-state index in [1.807, 2.05) is 13.8 Å². The first-order chi connectivity index (χ1) is 8.04. The lowest BCUT2D eigenvalue weighted by molar-refractivity contribution is -0.0208. The van der Waals surface area contributed by atoms with Crippen molar-refractivity contribution in [1.82, 2.24) is 0 Å². The van der Waals surface area contributed by atoms with Gasteiger partial charge in [-0.2, -0.15) is 0 Å². The minimum Gasteiger partial charge on any atom is -0.390 e. The summed E-state index contributed by atoms with van der Waals surface area (Å²) in [6.45, 7) is 8.86. The molecule has 0 aromatic heterocycles. The summed E-state index contributed by atoms with van der Waals surface area (Å²) in [6.07, 6.45) is 0.115. The summed E-state index contributed by atoms with van der Waals surface area (Å²) >= 11 is 0. The third kappa shape index (κ3) is 4.49. The fourth-order valence-electron chi connectivity index (χ4n) is 1.82. The molecule has 2 heteroatoms. The molecule has 0 aliphatic carbocycles. The molecule has 2 nitrogen and oxygen atoms in total. The van der Waals surface area contributed by atoms with Crippen molar-refractivity contribution >= 4 is 0 Å². The van der Waals surface area contributed by atoms with E-state index in [9.17, 15) is 5.11 Å². The molecule has 0 saturated heterocycles. The van der Waals surface area contributed by atoms with Gasteiger partial charge in [-0.05, 0) is 30.9 Å². The molecule has 2 atom stereocenters. The van der Waals surface area contributed by atoms with Gasteiger partial charge in [0.15, 0.2) is 0 Å². The summed E-state index contributed by atoms with van der Waals surface area (Å²) in [4.78, 5) is 0. The van der Waals surface area contributed by atoms with Gasteiger partial charge in [0, 0.05) is 13.0 Å². The average Bonchev–Trinajstić information content (AvgIpc) is 2.30. The molecule has 2 unspecified atom stereocenters. The highest BCUT2D eigenvalue weighted by molar-refractivity contribution is 5.25. The lowest BCUT2D eigenvalue weighted by Gasteiger charge is -2.19. The molecule has 0 bridgehead atoms. The number of hydrogen-bond donors (Lipinski definition) is 1. The number of benzene rings is 1. The minimum absolute atomic E-state index is 0.107. The Balaban J connectivity index is 2.56. The van der Waals surface area contributed by atoms with Gasteiger partial charge in [-0.25, -0.2) is 0 Å². The average molecular weight is 236 g/mol. The van der Waals surface area contributed by atoms with Crippen molar-refractivity contribution < 1.29 is 9.84 Å². The maximum absolute atomic E-state index is 9.96. The van der Waals surface area contributed by atoms with Gasteiger partial charge in [-0.15, -0.1) is 0 Å². The van der Waals surface area contributed by atoms with Gasteiger partial charge >= 0.3 is 0 Å². The summed E-state index contributed by atoms with van der Waals surface area (Å²) in [6, 6.07) is 8.46. The van der Waals surface area contributed by atoms with Gasteiger partial charge in [0.05, 0.1) is 12.2 Å². The third-order valence-corrected chi connectivity index (χ3v) is 3.06. The maximum atomic E-state index is 9.96. The fraction of sp³-hybridized carbons (Fsp3) is 0.600. The van der Waals surface area contributed by atoms with Gasteiger partial charge in [-0.3, -0.25) is 0 Å². The van der Waals surface area contributed by atoms with E-state index >= 15 is 0 Å². The Morgan fingerprint density at radius 2 is 1.71 bits per heavy atom. The van der Waals surface area contributed by atoms with Crippen LogP contribution in [0.1, 0.15) is 44.7 Å². The van der Waals surface area contributed by atoms with Crippen LogP contribution in [0.15, 0.2) is 24.3 Å². The van der Waals surface area contributed by atoms with E-state index in [1.54, 1.807) is 0 Å². The van der Waals surface area contributed by atoms with Crippen LogP contribution in [0.5, 0.6) is 0 Å². The quantitative estimate of drug-likeness (QED) is 0.822. The molecule has 1 N–H and O–H groups in total. The Morgan fingerprint density at radius 3 is 2.18 bits per heavy atom. The Hall–Kier alpha value is -0.860. The van der Waals surface area contributed by atoms with Crippen molar-refractivity contribution in [2.45, 2.75) is 52.2 Å². The molecule has 1 aromatic rings. The van der Waals surface area contributed by atoms with Crippen LogP contribution < -0.4 is 0 Å². The first-order valence-corrected chi connectivity index (χ1v) is 6.43. The molecule has 0 amide bonds. The van der Waals surface area contributed by atoms with Crippen LogP contribution in [-0.4, -0.2) is 23.9 Å². The van der Waals surface area contributed by atoms with Crippen LogP contribution in [0.4, 0.5) is 0 Å². The Kier molecular flexibility index (Phi) is 5.66. The summed E-state index contributed by atoms with van der Waals surface area (Å²) in [5.41, 5.74) is 2.49. The normalized spacial score (nSPS) is 14.9. The van der Waals surface area contributed by atoms with E-state index < -0.39 is 6.10 Å². The summed E-state index contributed by atoms with van der Waals surface area (Å²) < 4.78 is 5.39. The lowest BCUT2D eigenvalue weighted by atomic mass is 9.99. The Bertz CT molecular complexity index is 316. The van der Waals surface area contributed by atoms with Gasteiger partial charge in [0.2, 0.25) is 0 Å². The molecular weight excluding hydrogens is 212 g/mol. The van der Waals surface area contributed by atoms with Crippen molar-refractivity contribution in [3.05, 3.63) is 35.4 Å². The first kappa shape index (κ1) is 14.2. The Morgan fingerprint density at radius 1 is 1.12 bits per heavy atom. The van der Waals surface area contributed by atoms with E-state index in [0.29, 0.717) is 18.9 Å². The van der Waals surface area contributed by atoms with E-state index in [2.05, 4.69) is 38.1 Å². The number of aliphatic hydroxyl groups excluding tert-OH is 1. The predicted molar refractivity (Wildman–Crippen MR) is 71.3 cm³/mol. The molecule has 0 heterocycles. The highest BCUT2D eigenvalue weighted by atomic mass is 16.5. The van der Waals surface area contributed by atoms with Crippen LogP contribution >= 0.6 is 0 Å². The molecule has 1 rings (SSSR count). The zero-order chi connectivity index (χ0) is 12.8. The standard InChI is InChI=1S/C15H24O2/c1-5-17-12(4)15(16)10-13-6-8-14(9-7-13)11(2)3/h6-9,11-12,15-16H,5,10H2,1-4H3. The third-order valence-electron chi connectivity index (χ3n) is 3.06. The largest absolute Gasteiger partial charge is 0.390 e. The molecule has 96 valence electrons. The van der Waals surface area contributed by atoms with Crippen LogP contribution in [0.3, 0.4) is 0 Å². The number of aliphatic hydroxyl groups is 1. The van der Waals surface area contributed by atoms with Crippen molar-refractivity contribution in [3.63, 3.8) is 0 Å². The molecule has 0 saturated carbocycles. The SMILES string of the molecule is CCOC(C)C(O)Cc1ccc(C(C)C)cc1. The molecule has 0 aliphatic heterocycles. The zero-order valence-corrected chi connectivity index (χ0v) is 11.3. The second-order valence-electron chi connectivity index (χ2n) is 4.83. The first-order valence-electron chi connectivity index (χ1n) is 6.43. The summed E-state index contributed by atoms with van der Waals surface area (Å²) in [5, 5.41) is 9.96. The topological polar surface area (TPSA) is 29.5 Å². The van der Waals surface area contributed by atoms with Crippen LogP contribution in [0.2, 0.25) is 0 Å². The molecule has 0 spiro atoms. The van der Waals surface area contributed by atoms with Crippen LogP contribution in [0, 0.1) is 0 Å². The fourth-order valence-corrected chi connectivity index (χ4v) is 1.82. The second-order valence-corrected chi connectivity index (χ2v) is 4.83.